The molecule has 0 saturated carbocycles. The molecule has 0 saturated heterocycles. The van der Waals surface area contributed by atoms with Gasteiger partial charge in [-0.15, -0.1) is 0 Å². The monoisotopic (exact) mass is 309 g/mol. The third kappa shape index (κ3) is 4.39. The summed E-state index contributed by atoms with van der Waals surface area (Å²) in [4.78, 5) is 0. The van der Waals surface area contributed by atoms with Crippen molar-refractivity contribution in [2.45, 2.75) is 45.3 Å². The molecule has 1 aromatic carbocycles. The molecule has 0 aliphatic carbocycles. The number of hydrogen-bond acceptors (Lipinski definition) is 3. The first-order valence-corrected chi connectivity index (χ1v) is 7.81. The SMILES string of the molecule is C=C(Cl)COc1ccc2c(c1)OC(C)(C)CC2NCCC. The van der Waals surface area contributed by atoms with Crippen LogP contribution in [0.4, 0.5) is 0 Å². The molecule has 0 aromatic heterocycles. The molecule has 1 aliphatic heterocycles. The summed E-state index contributed by atoms with van der Waals surface area (Å²) in [6.45, 7) is 11.3. The summed E-state index contributed by atoms with van der Waals surface area (Å²) >= 11 is 5.74. The molecular weight excluding hydrogens is 286 g/mol. The van der Waals surface area contributed by atoms with E-state index in [4.69, 9.17) is 21.1 Å². The van der Waals surface area contributed by atoms with Crippen molar-refractivity contribution in [3.8, 4) is 11.5 Å². The topological polar surface area (TPSA) is 30.5 Å². The number of fused-ring (bicyclic) bond motifs is 1. The van der Waals surface area contributed by atoms with E-state index in [9.17, 15) is 0 Å². The summed E-state index contributed by atoms with van der Waals surface area (Å²) in [5, 5.41) is 4.08. The fraction of sp³-hybridized carbons (Fsp3) is 0.529. The van der Waals surface area contributed by atoms with Crippen LogP contribution in [0.5, 0.6) is 11.5 Å². The average Bonchev–Trinajstić information content (AvgIpc) is 2.40. The van der Waals surface area contributed by atoms with E-state index in [0.717, 1.165) is 30.9 Å². The van der Waals surface area contributed by atoms with E-state index in [1.54, 1.807) is 0 Å². The van der Waals surface area contributed by atoms with E-state index in [2.05, 4.69) is 38.7 Å². The van der Waals surface area contributed by atoms with E-state index < -0.39 is 0 Å². The predicted molar refractivity (Wildman–Crippen MR) is 87.3 cm³/mol. The van der Waals surface area contributed by atoms with Crippen LogP contribution in [0.15, 0.2) is 29.8 Å². The van der Waals surface area contributed by atoms with Crippen LogP contribution in [0.1, 0.15) is 45.2 Å². The van der Waals surface area contributed by atoms with Gasteiger partial charge < -0.3 is 14.8 Å². The van der Waals surface area contributed by atoms with Crippen LogP contribution in [-0.2, 0) is 0 Å². The highest BCUT2D eigenvalue weighted by Gasteiger charge is 2.33. The predicted octanol–water partition coefficient (Wildman–Crippen LogP) is 4.42. The van der Waals surface area contributed by atoms with E-state index >= 15 is 0 Å². The largest absolute Gasteiger partial charge is 0.488 e. The Hall–Kier alpha value is -1.19. The van der Waals surface area contributed by atoms with E-state index in [0.29, 0.717) is 17.7 Å². The van der Waals surface area contributed by atoms with Crippen molar-refractivity contribution < 1.29 is 9.47 Å². The zero-order valence-electron chi connectivity index (χ0n) is 13.0. The number of rotatable bonds is 6. The first-order valence-electron chi connectivity index (χ1n) is 7.43. The molecule has 1 N–H and O–H groups in total. The van der Waals surface area contributed by atoms with Crippen LogP contribution in [0.25, 0.3) is 0 Å². The molecule has 116 valence electrons. The third-order valence-corrected chi connectivity index (χ3v) is 3.59. The minimum Gasteiger partial charge on any atom is -0.488 e. The lowest BCUT2D eigenvalue weighted by Gasteiger charge is -2.38. The molecule has 2 rings (SSSR count). The summed E-state index contributed by atoms with van der Waals surface area (Å²) < 4.78 is 11.7. The Morgan fingerprint density at radius 2 is 2.29 bits per heavy atom. The van der Waals surface area contributed by atoms with Crippen molar-refractivity contribution in [2.24, 2.45) is 0 Å². The molecule has 4 heteroatoms. The van der Waals surface area contributed by atoms with Gasteiger partial charge in [-0.25, -0.2) is 0 Å². The highest BCUT2D eigenvalue weighted by atomic mass is 35.5. The first kappa shape index (κ1) is 16.2. The quantitative estimate of drug-likeness (QED) is 0.844. The highest BCUT2D eigenvalue weighted by Crippen LogP contribution is 2.41. The maximum absolute atomic E-state index is 6.10. The molecule has 3 nitrogen and oxygen atoms in total. The van der Waals surface area contributed by atoms with Gasteiger partial charge in [-0.1, -0.05) is 31.2 Å². The summed E-state index contributed by atoms with van der Waals surface area (Å²) in [6, 6.07) is 6.29. The second-order valence-electron chi connectivity index (χ2n) is 6.08. The zero-order chi connectivity index (χ0) is 15.5. The molecule has 0 fully saturated rings. The van der Waals surface area contributed by atoms with Gasteiger partial charge in [0.25, 0.3) is 0 Å². The summed E-state index contributed by atoms with van der Waals surface area (Å²) in [5.74, 6) is 1.64. The van der Waals surface area contributed by atoms with Crippen molar-refractivity contribution in [2.75, 3.05) is 13.2 Å². The van der Waals surface area contributed by atoms with Gasteiger partial charge in [0, 0.05) is 29.1 Å². The molecule has 0 spiro atoms. The van der Waals surface area contributed by atoms with Crippen LogP contribution in [0.3, 0.4) is 0 Å². The van der Waals surface area contributed by atoms with E-state index in [1.165, 1.54) is 5.56 Å². The van der Waals surface area contributed by atoms with Gasteiger partial charge in [0.1, 0.15) is 23.7 Å². The number of halogens is 1. The molecule has 1 aromatic rings. The van der Waals surface area contributed by atoms with Crippen molar-refractivity contribution in [1.82, 2.24) is 5.32 Å². The standard InChI is InChI=1S/C17H24ClNO2/c1-5-8-19-15-10-17(3,4)21-16-9-13(6-7-14(15)16)20-11-12(2)18/h6-7,9,15,19H,2,5,8,10-11H2,1,3-4H3. The molecule has 21 heavy (non-hydrogen) atoms. The van der Waals surface area contributed by atoms with Crippen LogP contribution in [0, 0.1) is 0 Å². The Morgan fingerprint density at radius 3 is 2.95 bits per heavy atom. The van der Waals surface area contributed by atoms with E-state index in [-0.39, 0.29) is 5.60 Å². The smallest absolute Gasteiger partial charge is 0.128 e. The second-order valence-corrected chi connectivity index (χ2v) is 6.61. The molecule has 1 atom stereocenters. The van der Waals surface area contributed by atoms with Crippen molar-refractivity contribution in [3.63, 3.8) is 0 Å². The fourth-order valence-electron chi connectivity index (χ4n) is 2.58. The lowest BCUT2D eigenvalue weighted by Crippen LogP contribution is -2.39. The van der Waals surface area contributed by atoms with Crippen molar-refractivity contribution >= 4 is 11.6 Å². The second kappa shape index (κ2) is 6.71. The Labute approximate surface area is 132 Å². The minimum atomic E-state index is -0.187. The number of nitrogens with one attached hydrogen (secondary N) is 1. The number of benzene rings is 1. The van der Waals surface area contributed by atoms with Gasteiger partial charge in [0.05, 0.1) is 0 Å². The Kier molecular flexibility index (Phi) is 5.17. The van der Waals surface area contributed by atoms with Crippen LogP contribution >= 0.6 is 11.6 Å². The molecule has 1 unspecified atom stereocenters. The van der Waals surface area contributed by atoms with Crippen molar-refractivity contribution in [3.05, 3.63) is 35.4 Å². The lowest BCUT2D eigenvalue weighted by molar-refractivity contribution is 0.0658. The maximum Gasteiger partial charge on any atom is 0.128 e. The van der Waals surface area contributed by atoms with Gasteiger partial charge in [-0.2, -0.15) is 0 Å². The third-order valence-electron chi connectivity index (χ3n) is 3.48. The Morgan fingerprint density at radius 1 is 1.52 bits per heavy atom. The van der Waals surface area contributed by atoms with Crippen LogP contribution in [0.2, 0.25) is 0 Å². The van der Waals surface area contributed by atoms with Crippen LogP contribution in [-0.4, -0.2) is 18.8 Å². The number of ether oxygens (including phenoxy) is 2. The average molecular weight is 310 g/mol. The van der Waals surface area contributed by atoms with Gasteiger partial charge >= 0.3 is 0 Å². The Bertz CT molecular complexity index is 514. The van der Waals surface area contributed by atoms with Gasteiger partial charge in [-0.05, 0) is 32.9 Å². The molecule has 1 aliphatic rings. The van der Waals surface area contributed by atoms with Crippen LogP contribution < -0.4 is 14.8 Å². The highest BCUT2D eigenvalue weighted by molar-refractivity contribution is 6.29. The maximum atomic E-state index is 6.10. The minimum absolute atomic E-state index is 0.187. The molecule has 0 radical (unpaired) electrons. The van der Waals surface area contributed by atoms with Gasteiger partial charge in [0.15, 0.2) is 0 Å². The summed E-state index contributed by atoms with van der Waals surface area (Å²) in [5.41, 5.74) is 1.01. The molecule has 0 bridgehead atoms. The summed E-state index contributed by atoms with van der Waals surface area (Å²) in [7, 11) is 0. The number of hydrogen-bond donors (Lipinski definition) is 1. The fourth-order valence-corrected chi connectivity index (χ4v) is 2.64. The molecule has 0 amide bonds. The molecular formula is C17H24ClNO2. The van der Waals surface area contributed by atoms with Gasteiger partial charge in [0.2, 0.25) is 0 Å². The van der Waals surface area contributed by atoms with Crippen molar-refractivity contribution in [1.29, 1.82) is 0 Å². The zero-order valence-corrected chi connectivity index (χ0v) is 13.8. The van der Waals surface area contributed by atoms with E-state index in [1.807, 2.05) is 12.1 Å². The first-order chi connectivity index (χ1) is 9.91. The lowest BCUT2D eigenvalue weighted by atomic mass is 9.89. The normalized spacial score (nSPS) is 19.5. The molecule has 1 heterocycles. The summed E-state index contributed by atoms with van der Waals surface area (Å²) in [6.07, 6.45) is 2.07. The Balaban J connectivity index is 2.21. The van der Waals surface area contributed by atoms with Gasteiger partial charge in [-0.3, -0.25) is 0 Å².